The van der Waals surface area contributed by atoms with Crippen molar-refractivity contribution < 1.29 is 14.6 Å². The molecule has 2 aromatic rings. The molecular formula is C11H12N4O3. The van der Waals surface area contributed by atoms with Crippen molar-refractivity contribution in [3.8, 4) is 17.1 Å². The third-order valence-electron chi connectivity index (χ3n) is 2.46. The van der Waals surface area contributed by atoms with Crippen LogP contribution in [0.1, 0.15) is 13.0 Å². The van der Waals surface area contributed by atoms with Crippen molar-refractivity contribution in [3.05, 3.63) is 24.3 Å². The number of ether oxygens (including phenoxy) is 1. The number of tetrazole rings is 1. The van der Waals surface area contributed by atoms with Gasteiger partial charge in [-0.15, -0.1) is 15.0 Å². The summed E-state index contributed by atoms with van der Waals surface area (Å²) in [5.41, 5.74) is 0.721. The van der Waals surface area contributed by atoms with E-state index in [1.165, 1.54) is 6.92 Å². The minimum atomic E-state index is -1.01. The molecule has 1 N–H and O–H groups in total. The third-order valence-corrected chi connectivity index (χ3v) is 2.46. The molecule has 0 radical (unpaired) electrons. The average molecular weight is 248 g/mol. The number of methoxy groups -OCH3 is 1. The molecule has 0 saturated carbocycles. The first-order valence-corrected chi connectivity index (χ1v) is 5.28. The molecule has 0 bridgehead atoms. The summed E-state index contributed by atoms with van der Waals surface area (Å²) in [6.45, 7) is 1.49. The first-order chi connectivity index (χ1) is 8.61. The average Bonchev–Trinajstić information content (AvgIpc) is 2.87. The van der Waals surface area contributed by atoms with Crippen LogP contribution in [0.3, 0.4) is 0 Å². The Morgan fingerprint density at radius 3 is 2.94 bits per heavy atom. The fourth-order valence-electron chi connectivity index (χ4n) is 1.37. The first kappa shape index (κ1) is 12.0. The van der Waals surface area contributed by atoms with Crippen LogP contribution in [0.15, 0.2) is 24.3 Å². The fourth-order valence-corrected chi connectivity index (χ4v) is 1.37. The minimum absolute atomic E-state index is 0.363. The molecule has 0 saturated heterocycles. The predicted octanol–water partition coefficient (Wildman–Crippen LogP) is 0.994. The number of carboxylic acid groups (broad SMARTS) is 1. The molecule has 1 heterocycles. The number of carbonyl (C=O) groups is 1. The topological polar surface area (TPSA) is 90.1 Å². The summed E-state index contributed by atoms with van der Waals surface area (Å²) >= 11 is 0. The molecule has 7 nitrogen and oxygen atoms in total. The Kier molecular flexibility index (Phi) is 3.22. The summed E-state index contributed by atoms with van der Waals surface area (Å²) < 4.78 is 5.09. The van der Waals surface area contributed by atoms with Gasteiger partial charge in [-0.1, -0.05) is 12.1 Å². The number of rotatable bonds is 4. The zero-order chi connectivity index (χ0) is 13.1. The molecule has 2 rings (SSSR count). The zero-order valence-corrected chi connectivity index (χ0v) is 9.94. The first-order valence-electron chi connectivity index (χ1n) is 5.28. The van der Waals surface area contributed by atoms with E-state index >= 15 is 0 Å². The van der Waals surface area contributed by atoms with Crippen molar-refractivity contribution in [2.45, 2.75) is 13.0 Å². The zero-order valence-electron chi connectivity index (χ0n) is 9.94. The number of hydrogen-bond acceptors (Lipinski definition) is 5. The van der Waals surface area contributed by atoms with E-state index in [4.69, 9.17) is 9.84 Å². The van der Waals surface area contributed by atoms with Crippen molar-refractivity contribution in [1.82, 2.24) is 20.2 Å². The Hall–Kier alpha value is -2.44. The van der Waals surface area contributed by atoms with E-state index in [1.807, 2.05) is 0 Å². The van der Waals surface area contributed by atoms with E-state index in [9.17, 15) is 4.79 Å². The Morgan fingerprint density at radius 2 is 2.28 bits per heavy atom. The van der Waals surface area contributed by atoms with Crippen molar-refractivity contribution >= 4 is 5.97 Å². The Labute approximate surface area is 103 Å². The quantitative estimate of drug-likeness (QED) is 0.867. The normalized spacial score (nSPS) is 12.1. The molecule has 0 fully saturated rings. The molecule has 0 aliphatic rings. The summed E-state index contributed by atoms with van der Waals surface area (Å²) in [4.78, 5) is 11.9. The standard InChI is InChI=1S/C11H12N4O3/c1-7(11(16)17)15-13-10(12-14-15)8-4-3-5-9(6-8)18-2/h3-7H,1-2H3,(H,16,17). The second-order valence-electron chi connectivity index (χ2n) is 3.68. The summed E-state index contributed by atoms with van der Waals surface area (Å²) in [6, 6.07) is 6.31. The Bertz CT molecular complexity index is 567. The van der Waals surface area contributed by atoms with Gasteiger partial charge in [-0.2, -0.15) is 0 Å². The molecule has 0 aliphatic heterocycles. The largest absolute Gasteiger partial charge is 0.497 e. The summed E-state index contributed by atoms with van der Waals surface area (Å²) in [7, 11) is 1.57. The van der Waals surface area contributed by atoms with Gasteiger partial charge < -0.3 is 9.84 Å². The highest BCUT2D eigenvalue weighted by molar-refractivity contribution is 5.71. The van der Waals surface area contributed by atoms with Crippen LogP contribution in [0.4, 0.5) is 0 Å². The van der Waals surface area contributed by atoms with E-state index in [0.29, 0.717) is 11.6 Å². The maximum absolute atomic E-state index is 10.8. The highest BCUT2D eigenvalue weighted by Crippen LogP contribution is 2.20. The van der Waals surface area contributed by atoms with Crippen molar-refractivity contribution in [3.63, 3.8) is 0 Å². The number of aliphatic carboxylic acids is 1. The van der Waals surface area contributed by atoms with Crippen molar-refractivity contribution in [1.29, 1.82) is 0 Å². The minimum Gasteiger partial charge on any atom is -0.497 e. The predicted molar refractivity (Wildman–Crippen MR) is 62.2 cm³/mol. The lowest BCUT2D eigenvalue weighted by Crippen LogP contribution is -2.18. The second kappa shape index (κ2) is 4.82. The Morgan fingerprint density at radius 1 is 1.50 bits per heavy atom. The number of aromatic nitrogens is 4. The molecule has 0 amide bonds. The molecule has 1 aromatic heterocycles. The van der Waals surface area contributed by atoms with E-state index < -0.39 is 12.0 Å². The van der Waals surface area contributed by atoms with Crippen LogP contribution >= 0.6 is 0 Å². The monoisotopic (exact) mass is 248 g/mol. The van der Waals surface area contributed by atoms with Crippen molar-refractivity contribution in [2.24, 2.45) is 0 Å². The number of hydrogen-bond donors (Lipinski definition) is 1. The third kappa shape index (κ3) is 2.29. The molecule has 18 heavy (non-hydrogen) atoms. The van der Waals surface area contributed by atoms with Crippen LogP contribution in [0.25, 0.3) is 11.4 Å². The lowest BCUT2D eigenvalue weighted by molar-refractivity contribution is -0.141. The summed E-state index contributed by atoms with van der Waals surface area (Å²) in [5.74, 6) is 0.0294. The van der Waals surface area contributed by atoms with Crippen LogP contribution < -0.4 is 4.74 Å². The SMILES string of the molecule is COc1cccc(-c2nnn(C(C)C(=O)O)n2)c1. The van der Waals surface area contributed by atoms with Gasteiger partial charge in [0.25, 0.3) is 0 Å². The molecule has 1 atom stereocenters. The maximum atomic E-state index is 10.8. The van der Waals surface area contributed by atoms with Gasteiger partial charge >= 0.3 is 5.97 Å². The molecule has 7 heteroatoms. The van der Waals surface area contributed by atoms with Gasteiger partial charge in [-0.3, -0.25) is 0 Å². The van der Waals surface area contributed by atoms with Crippen molar-refractivity contribution in [2.75, 3.05) is 7.11 Å². The van der Waals surface area contributed by atoms with Crippen LogP contribution in [0.2, 0.25) is 0 Å². The lowest BCUT2D eigenvalue weighted by atomic mass is 10.2. The van der Waals surface area contributed by atoms with Gasteiger partial charge in [0, 0.05) is 5.56 Å². The lowest BCUT2D eigenvalue weighted by Gasteiger charge is -2.02. The van der Waals surface area contributed by atoms with E-state index in [-0.39, 0.29) is 0 Å². The van der Waals surface area contributed by atoms with Gasteiger partial charge in [-0.25, -0.2) is 4.79 Å². The highest BCUT2D eigenvalue weighted by atomic mass is 16.5. The fraction of sp³-hybridized carbons (Fsp3) is 0.273. The van der Waals surface area contributed by atoms with Crippen LogP contribution in [-0.2, 0) is 4.79 Å². The summed E-state index contributed by atoms with van der Waals surface area (Å²) in [5, 5.41) is 20.4. The number of benzene rings is 1. The van der Waals surface area contributed by atoms with Gasteiger partial charge in [0.15, 0.2) is 6.04 Å². The number of nitrogens with zero attached hydrogens (tertiary/aromatic N) is 4. The molecule has 0 aliphatic carbocycles. The molecule has 0 spiro atoms. The van der Waals surface area contributed by atoms with E-state index in [1.54, 1.807) is 31.4 Å². The van der Waals surface area contributed by atoms with Gasteiger partial charge in [0.1, 0.15) is 5.75 Å². The molecular weight excluding hydrogens is 236 g/mol. The molecule has 94 valence electrons. The molecule has 1 aromatic carbocycles. The smallest absolute Gasteiger partial charge is 0.330 e. The second-order valence-corrected chi connectivity index (χ2v) is 3.68. The highest BCUT2D eigenvalue weighted by Gasteiger charge is 2.17. The van der Waals surface area contributed by atoms with Crippen LogP contribution in [0.5, 0.6) is 5.75 Å². The van der Waals surface area contributed by atoms with E-state index in [0.717, 1.165) is 10.4 Å². The van der Waals surface area contributed by atoms with Gasteiger partial charge in [-0.05, 0) is 24.3 Å². The number of carboxylic acids is 1. The van der Waals surface area contributed by atoms with Crippen LogP contribution in [0, 0.1) is 0 Å². The summed E-state index contributed by atoms with van der Waals surface area (Å²) in [6.07, 6.45) is 0. The van der Waals surface area contributed by atoms with E-state index in [2.05, 4.69) is 15.4 Å². The van der Waals surface area contributed by atoms with Crippen LogP contribution in [-0.4, -0.2) is 38.4 Å². The Balaban J connectivity index is 2.31. The maximum Gasteiger partial charge on any atom is 0.330 e. The van der Waals surface area contributed by atoms with Gasteiger partial charge in [0.2, 0.25) is 5.82 Å². The van der Waals surface area contributed by atoms with Gasteiger partial charge in [0.05, 0.1) is 7.11 Å². The molecule has 1 unspecified atom stereocenters.